The zero-order chi connectivity index (χ0) is 13.7. The van der Waals surface area contributed by atoms with Crippen LogP contribution in [0.15, 0.2) is 18.2 Å². The van der Waals surface area contributed by atoms with E-state index >= 15 is 0 Å². The van der Waals surface area contributed by atoms with Crippen LogP contribution in [0.4, 0.5) is 14.5 Å². The molecule has 0 bridgehead atoms. The number of rotatable bonds is 5. The van der Waals surface area contributed by atoms with Gasteiger partial charge in [0.25, 0.3) is 0 Å². The molecule has 2 N–H and O–H groups in total. The number of carbonyl (C=O) groups is 1. The van der Waals surface area contributed by atoms with Gasteiger partial charge >= 0.3 is 0 Å². The van der Waals surface area contributed by atoms with Crippen molar-refractivity contribution in [2.45, 2.75) is 20.3 Å². The highest BCUT2D eigenvalue weighted by atomic mass is 19.1. The molecule has 0 aromatic heterocycles. The zero-order valence-electron chi connectivity index (χ0n) is 10.6. The molecule has 0 aliphatic rings. The topological polar surface area (TPSA) is 46.3 Å². The van der Waals surface area contributed by atoms with Crippen molar-refractivity contribution in [2.24, 2.45) is 11.7 Å². The van der Waals surface area contributed by atoms with Gasteiger partial charge < -0.3 is 10.6 Å². The minimum absolute atomic E-state index is 0.0764. The summed E-state index contributed by atoms with van der Waals surface area (Å²) in [5, 5.41) is 0. The van der Waals surface area contributed by atoms with Crippen LogP contribution in [-0.2, 0) is 4.79 Å². The van der Waals surface area contributed by atoms with Gasteiger partial charge in [0.05, 0.1) is 5.69 Å². The monoisotopic (exact) mass is 256 g/mol. The molecular weight excluding hydrogens is 238 g/mol. The van der Waals surface area contributed by atoms with Crippen molar-refractivity contribution in [1.82, 2.24) is 0 Å². The Hall–Kier alpha value is -1.49. The van der Waals surface area contributed by atoms with Crippen LogP contribution < -0.4 is 10.6 Å². The first kappa shape index (κ1) is 14.6. The maximum Gasteiger partial charge on any atom is 0.227 e. The van der Waals surface area contributed by atoms with Crippen molar-refractivity contribution in [3.8, 4) is 0 Å². The van der Waals surface area contributed by atoms with E-state index in [0.29, 0.717) is 6.42 Å². The second-order valence-corrected chi connectivity index (χ2v) is 4.53. The molecule has 1 amide bonds. The Morgan fingerprint density at radius 3 is 2.56 bits per heavy atom. The molecule has 18 heavy (non-hydrogen) atoms. The highest BCUT2D eigenvalue weighted by molar-refractivity contribution is 5.93. The number of nitrogens with zero attached hydrogens (tertiary/aromatic N) is 1. The Morgan fingerprint density at radius 1 is 1.39 bits per heavy atom. The molecular formula is C13H18F2N2O. The predicted molar refractivity (Wildman–Crippen MR) is 67.2 cm³/mol. The molecule has 0 saturated heterocycles. The molecule has 1 aromatic carbocycles. The summed E-state index contributed by atoms with van der Waals surface area (Å²) < 4.78 is 26.5. The third-order valence-corrected chi connectivity index (χ3v) is 2.44. The molecule has 0 aliphatic heterocycles. The number of amides is 1. The number of hydrogen-bond donors (Lipinski definition) is 1. The fourth-order valence-corrected chi connectivity index (χ4v) is 1.67. The van der Waals surface area contributed by atoms with E-state index in [1.807, 2.05) is 13.8 Å². The predicted octanol–water partition coefficient (Wildman–Crippen LogP) is 2.30. The summed E-state index contributed by atoms with van der Waals surface area (Å²) in [6.07, 6.45) is 0.302. The molecule has 0 radical (unpaired) electrons. The van der Waals surface area contributed by atoms with Crippen molar-refractivity contribution in [3.63, 3.8) is 0 Å². The van der Waals surface area contributed by atoms with Crippen LogP contribution in [0.3, 0.4) is 0 Å². The number of anilines is 1. The van der Waals surface area contributed by atoms with Crippen LogP contribution in [0.1, 0.15) is 20.3 Å². The quantitative estimate of drug-likeness (QED) is 0.878. The van der Waals surface area contributed by atoms with Crippen LogP contribution >= 0.6 is 0 Å². The maximum atomic E-state index is 13.6. The van der Waals surface area contributed by atoms with Gasteiger partial charge in [0.15, 0.2) is 0 Å². The summed E-state index contributed by atoms with van der Waals surface area (Å²) in [5.74, 6) is -1.46. The highest BCUT2D eigenvalue weighted by Crippen LogP contribution is 2.21. The molecule has 0 spiro atoms. The van der Waals surface area contributed by atoms with Crippen LogP contribution in [-0.4, -0.2) is 19.0 Å². The van der Waals surface area contributed by atoms with Gasteiger partial charge in [-0.1, -0.05) is 13.8 Å². The first-order valence-corrected chi connectivity index (χ1v) is 5.91. The summed E-state index contributed by atoms with van der Waals surface area (Å²) in [4.78, 5) is 13.3. The highest BCUT2D eigenvalue weighted by Gasteiger charge is 2.19. The van der Waals surface area contributed by atoms with Crippen LogP contribution in [0, 0.1) is 17.6 Å². The van der Waals surface area contributed by atoms with Gasteiger partial charge in [-0.15, -0.1) is 0 Å². The van der Waals surface area contributed by atoms with E-state index in [0.717, 1.165) is 12.1 Å². The second kappa shape index (κ2) is 6.44. The van der Waals surface area contributed by atoms with Crippen LogP contribution in [0.5, 0.6) is 0 Å². The lowest BCUT2D eigenvalue weighted by atomic mass is 10.1. The molecule has 0 heterocycles. The van der Waals surface area contributed by atoms with Crippen molar-refractivity contribution in [2.75, 3.05) is 18.0 Å². The molecule has 100 valence electrons. The second-order valence-electron chi connectivity index (χ2n) is 4.53. The van der Waals surface area contributed by atoms with Crippen LogP contribution in [0.25, 0.3) is 0 Å². The maximum absolute atomic E-state index is 13.6. The van der Waals surface area contributed by atoms with E-state index in [-0.39, 0.29) is 30.6 Å². The van der Waals surface area contributed by atoms with Gasteiger partial charge in [0.2, 0.25) is 5.91 Å². The van der Waals surface area contributed by atoms with Crippen molar-refractivity contribution in [1.29, 1.82) is 0 Å². The van der Waals surface area contributed by atoms with Gasteiger partial charge in [-0.3, -0.25) is 4.79 Å². The first-order chi connectivity index (χ1) is 8.45. The summed E-state index contributed by atoms with van der Waals surface area (Å²) in [6, 6.07) is 3.16. The van der Waals surface area contributed by atoms with Crippen molar-refractivity contribution < 1.29 is 13.6 Å². The molecule has 0 unspecified atom stereocenters. The molecule has 1 rings (SSSR count). The van der Waals surface area contributed by atoms with E-state index in [1.54, 1.807) is 0 Å². The number of carbonyl (C=O) groups excluding carboxylic acids is 1. The fourth-order valence-electron chi connectivity index (χ4n) is 1.67. The van der Waals surface area contributed by atoms with Crippen LogP contribution in [0.2, 0.25) is 0 Å². The number of benzene rings is 1. The van der Waals surface area contributed by atoms with Gasteiger partial charge in [-0.05, 0) is 18.1 Å². The molecule has 0 saturated carbocycles. The molecule has 3 nitrogen and oxygen atoms in total. The van der Waals surface area contributed by atoms with E-state index in [4.69, 9.17) is 5.73 Å². The SMILES string of the molecule is CC(C)CC(=O)N(CCN)c1ccc(F)cc1F. The Kier molecular flexibility index (Phi) is 5.22. The third kappa shape index (κ3) is 3.77. The molecule has 0 atom stereocenters. The van der Waals surface area contributed by atoms with E-state index in [9.17, 15) is 13.6 Å². The van der Waals surface area contributed by atoms with Gasteiger partial charge in [0.1, 0.15) is 11.6 Å². The average molecular weight is 256 g/mol. The lowest BCUT2D eigenvalue weighted by molar-refractivity contribution is -0.119. The standard InChI is InChI=1S/C13H18F2N2O/c1-9(2)7-13(18)17(6-5-16)12-4-3-10(14)8-11(12)15/h3-4,8-9H,5-7,16H2,1-2H3. The van der Waals surface area contributed by atoms with Gasteiger partial charge in [-0.25, -0.2) is 8.78 Å². The fraction of sp³-hybridized carbons (Fsp3) is 0.462. The average Bonchev–Trinajstić information content (AvgIpc) is 2.25. The van der Waals surface area contributed by atoms with E-state index < -0.39 is 11.6 Å². The first-order valence-electron chi connectivity index (χ1n) is 5.91. The van der Waals surface area contributed by atoms with Crippen molar-refractivity contribution >= 4 is 11.6 Å². The van der Waals surface area contributed by atoms with E-state index in [2.05, 4.69) is 0 Å². The summed E-state index contributed by atoms with van der Waals surface area (Å²) in [7, 11) is 0. The third-order valence-electron chi connectivity index (χ3n) is 2.44. The Labute approximate surface area is 106 Å². The number of halogens is 2. The number of hydrogen-bond acceptors (Lipinski definition) is 2. The van der Waals surface area contributed by atoms with Gasteiger partial charge in [-0.2, -0.15) is 0 Å². The molecule has 1 aromatic rings. The number of nitrogens with two attached hydrogens (primary N) is 1. The summed E-state index contributed by atoms with van der Waals surface area (Å²) in [6.45, 7) is 4.24. The molecule has 5 heteroatoms. The Bertz CT molecular complexity index is 421. The smallest absolute Gasteiger partial charge is 0.227 e. The molecule has 0 fully saturated rings. The van der Waals surface area contributed by atoms with Crippen molar-refractivity contribution in [3.05, 3.63) is 29.8 Å². The largest absolute Gasteiger partial charge is 0.329 e. The summed E-state index contributed by atoms with van der Waals surface area (Å²) >= 11 is 0. The van der Waals surface area contributed by atoms with E-state index in [1.165, 1.54) is 11.0 Å². The normalized spacial score (nSPS) is 10.8. The summed E-state index contributed by atoms with van der Waals surface area (Å²) in [5.41, 5.74) is 5.50. The molecule has 0 aliphatic carbocycles. The Balaban J connectivity index is 3.00. The lowest BCUT2D eigenvalue weighted by Gasteiger charge is -2.23. The van der Waals surface area contributed by atoms with Gasteiger partial charge in [0, 0.05) is 25.6 Å². The minimum atomic E-state index is -0.749. The Morgan fingerprint density at radius 2 is 2.06 bits per heavy atom. The minimum Gasteiger partial charge on any atom is -0.329 e. The zero-order valence-corrected chi connectivity index (χ0v) is 10.6. The lowest BCUT2D eigenvalue weighted by Crippen LogP contribution is -2.36.